The van der Waals surface area contributed by atoms with Gasteiger partial charge in [-0.25, -0.2) is 4.98 Å². The van der Waals surface area contributed by atoms with Gasteiger partial charge < -0.3 is 29.5 Å². The maximum absolute atomic E-state index is 13.1. The molecule has 1 aromatic carbocycles. The van der Waals surface area contributed by atoms with Gasteiger partial charge in [-0.05, 0) is 24.1 Å². The fraction of sp³-hybridized carbons (Fsp3) is 0.500. The molecule has 2 aromatic rings. The number of nitrogens with zero attached hydrogens (tertiary/aromatic N) is 5. The second kappa shape index (κ2) is 9.49. The van der Waals surface area contributed by atoms with Gasteiger partial charge in [0.1, 0.15) is 11.5 Å². The SMILES string of the molecule is COCCN(C)c1cc(C(=O)Nc2ccc3c(c2)N(C)CC3)nc(N2CCOCC2)n1. The van der Waals surface area contributed by atoms with Crippen LogP contribution in [0.25, 0.3) is 0 Å². The van der Waals surface area contributed by atoms with Crippen LogP contribution >= 0.6 is 0 Å². The highest BCUT2D eigenvalue weighted by atomic mass is 16.5. The van der Waals surface area contributed by atoms with Gasteiger partial charge in [0.2, 0.25) is 5.95 Å². The number of carbonyl (C=O) groups excluding carboxylic acids is 1. The maximum Gasteiger partial charge on any atom is 0.274 e. The van der Waals surface area contributed by atoms with E-state index in [0.29, 0.717) is 56.9 Å². The molecule has 0 aliphatic carbocycles. The molecule has 0 unspecified atom stereocenters. The molecule has 2 aliphatic rings. The predicted molar refractivity (Wildman–Crippen MR) is 122 cm³/mol. The molecule has 9 heteroatoms. The molecule has 0 radical (unpaired) electrons. The molecule has 1 aromatic heterocycles. The van der Waals surface area contributed by atoms with Gasteiger partial charge in [-0.3, -0.25) is 4.79 Å². The lowest BCUT2D eigenvalue weighted by Gasteiger charge is -2.28. The standard InChI is InChI=1S/C22H30N6O3/c1-26-7-6-16-4-5-17(14-19(16)26)23-21(29)18-15-20(27(2)8-11-30-3)25-22(24-18)28-9-12-31-13-10-28/h4-5,14-15H,6-13H2,1-3H3,(H,23,29). The van der Waals surface area contributed by atoms with E-state index < -0.39 is 0 Å². The summed E-state index contributed by atoms with van der Waals surface area (Å²) in [5.41, 5.74) is 3.57. The van der Waals surface area contributed by atoms with Crippen LogP contribution in [0.15, 0.2) is 24.3 Å². The number of nitrogens with one attached hydrogen (secondary N) is 1. The fourth-order valence-corrected chi connectivity index (χ4v) is 3.79. The van der Waals surface area contributed by atoms with Crippen LogP contribution in [0, 0.1) is 0 Å². The number of fused-ring (bicyclic) bond motifs is 1. The number of anilines is 4. The number of methoxy groups -OCH3 is 1. The Hall–Kier alpha value is -2.91. The van der Waals surface area contributed by atoms with E-state index in [1.807, 2.05) is 24.1 Å². The van der Waals surface area contributed by atoms with Gasteiger partial charge in [-0.1, -0.05) is 6.07 Å². The number of amides is 1. The molecule has 31 heavy (non-hydrogen) atoms. The zero-order valence-corrected chi connectivity index (χ0v) is 18.4. The average Bonchev–Trinajstić information content (AvgIpc) is 3.17. The van der Waals surface area contributed by atoms with Crippen LogP contribution < -0.4 is 20.0 Å². The van der Waals surface area contributed by atoms with E-state index in [0.717, 1.165) is 24.3 Å². The summed E-state index contributed by atoms with van der Waals surface area (Å²) in [4.78, 5) is 28.6. The Kier molecular flexibility index (Phi) is 6.53. The van der Waals surface area contributed by atoms with Crippen molar-refractivity contribution >= 4 is 29.0 Å². The molecule has 1 fully saturated rings. The van der Waals surface area contributed by atoms with Gasteiger partial charge in [0, 0.05) is 64.8 Å². The third-order valence-electron chi connectivity index (χ3n) is 5.72. The first-order chi connectivity index (χ1) is 15.0. The minimum atomic E-state index is -0.251. The molecule has 9 nitrogen and oxygen atoms in total. The highest BCUT2D eigenvalue weighted by Crippen LogP contribution is 2.30. The van der Waals surface area contributed by atoms with Crippen LogP contribution in [0.4, 0.5) is 23.1 Å². The van der Waals surface area contributed by atoms with E-state index in [4.69, 9.17) is 14.5 Å². The van der Waals surface area contributed by atoms with E-state index in [2.05, 4.69) is 33.2 Å². The summed E-state index contributed by atoms with van der Waals surface area (Å²) in [6.45, 7) is 4.87. The van der Waals surface area contributed by atoms with Crippen LogP contribution in [-0.4, -0.2) is 83.1 Å². The molecule has 1 N–H and O–H groups in total. The topological polar surface area (TPSA) is 83.1 Å². The first-order valence-corrected chi connectivity index (χ1v) is 10.6. The van der Waals surface area contributed by atoms with Gasteiger partial charge in [0.15, 0.2) is 0 Å². The molecule has 166 valence electrons. The first kappa shape index (κ1) is 21.3. The van der Waals surface area contributed by atoms with Crippen molar-refractivity contribution in [1.82, 2.24) is 9.97 Å². The smallest absolute Gasteiger partial charge is 0.274 e. The first-order valence-electron chi connectivity index (χ1n) is 10.6. The number of likely N-dealkylation sites (N-methyl/N-ethyl adjacent to an activating group) is 2. The van der Waals surface area contributed by atoms with E-state index in [-0.39, 0.29) is 5.91 Å². The Balaban J connectivity index is 1.59. The highest BCUT2D eigenvalue weighted by Gasteiger charge is 2.21. The summed E-state index contributed by atoms with van der Waals surface area (Å²) in [5, 5.41) is 3.01. The maximum atomic E-state index is 13.1. The molecular formula is C22H30N6O3. The van der Waals surface area contributed by atoms with E-state index in [1.165, 1.54) is 5.56 Å². The monoisotopic (exact) mass is 426 g/mol. The third-order valence-corrected chi connectivity index (χ3v) is 5.72. The number of morpholine rings is 1. The minimum absolute atomic E-state index is 0.251. The molecule has 0 bridgehead atoms. The fourth-order valence-electron chi connectivity index (χ4n) is 3.79. The highest BCUT2D eigenvalue weighted by molar-refractivity contribution is 6.03. The number of benzene rings is 1. The number of rotatable bonds is 7. The molecule has 4 rings (SSSR count). The van der Waals surface area contributed by atoms with Crippen LogP contribution in [-0.2, 0) is 15.9 Å². The van der Waals surface area contributed by atoms with Crippen LogP contribution in [0.2, 0.25) is 0 Å². The molecule has 0 atom stereocenters. The van der Waals surface area contributed by atoms with Gasteiger partial charge in [-0.15, -0.1) is 0 Å². The zero-order valence-electron chi connectivity index (χ0n) is 18.4. The van der Waals surface area contributed by atoms with E-state index >= 15 is 0 Å². The number of ether oxygens (including phenoxy) is 2. The van der Waals surface area contributed by atoms with Crippen molar-refractivity contribution in [2.24, 2.45) is 0 Å². The van der Waals surface area contributed by atoms with Crippen molar-refractivity contribution in [3.8, 4) is 0 Å². The molecule has 3 heterocycles. The van der Waals surface area contributed by atoms with Crippen LogP contribution in [0.3, 0.4) is 0 Å². The summed E-state index contributed by atoms with van der Waals surface area (Å²) in [7, 11) is 5.67. The zero-order chi connectivity index (χ0) is 21.8. The summed E-state index contributed by atoms with van der Waals surface area (Å²) in [6.07, 6.45) is 1.03. The number of carbonyl (C=O) groups is 1. The van der Waals surface area contributed by atoms with Crippen molar-refractivity contribution < 1.29 is 14.3 Å². The molecule has 1 saturated heterocycles. The largest absolute Gasteiger partial charge is 0.383 e. The summed E-state index contributed by atoms with van der Waals surface area (Å²) < 4.78 is 10.6. The quantitative estimate of drug-likeness (QED) is 0.716. The Labute approximate surface area is 183 Å². The van der Waals surface area contributed by atoms with Crippen LogP contribution in [0.5, 0.6) is 0 Å². The van der Waals surface area contributed by atoms with Crippen molar-refractivity contribution in [2.75, 3.05) is 87.2 Å². The van der Waals surface area contributed by atoms with Gasteiger partial charge in [0.25, 0.3) is 5.91 Å². The summed E-state index contributed by atoms with van der Waals surface area (Å²) in [5.74, 6) is 0.982. The predicted octanol–water partition coefficient (Wildman–Crippen LogP) is 1.64. The Bertz CT molecular complexity index is 931. The lowest BCUT2D eigenvalue weighted by Crippen LogP contribution is -2.38. The number of aromatic nitrogens is 2. The molecule has 2 aliphatic heterocycles. The second-order valence-corrected chi connectivity index (χ2v) is 7.89. The lowest BCUT2D eigenvalue weighted by atomic mass is 10.1. The van der Waals surface area contributed by atoms with Crippen molar-refractivity contribution in [1.29, 1.82) is 0 Å². The number of hydrogen-bond acceptors (Lipinski definition) is 8. The van der Waals surface area contributed by atoms with Gasteiger partial charge in [-0.2, -0.15) is 4.98 Å². The van der Waals surface area contributed by atoms with Gasteiger partial charge >= 0.3 is 0 Å². The Morgan fingerprint density at radius 3 is 2.81 bits per heavy atom. The van der Waals surface area contributed by atoms with Crippen molar-refractivity contribution in [3.05, 3.63) is 35.5 Å². The molecule has 0 spiro atoms. The minimum Gasteiger partial charge on any atom is -0.383 e. The van der Waals surface area contributed by atoms with E-state index in [9.17, 15) is 4.79 Å². The molecular weight excluding hydrogens is 396 g/mol. The molecule has 1 amide bonds. The molecule has 0 saturated carbocycles. The normalized spacial score (nSPS) is 15.7. The van der Waals surface area contributed by atoms with Gasteiger partial charge in [0.05, 0.1) is 19.8 Å². The Morgan fingerprint density at radius 1 is 1.23 bits per heavy atom. The van der Waals surface area contributed by atoms with Crippen molar-refractivity contribution in [3.63, 3.8) is 0 Å². The number of hydrogen-bond donors (Lipinski definition) is 1. The summed E-state index contributed by atoms with van der Waals surface area (Å²) in [6, 6.07) is 7.79. The lowest BCUT2D eigenvalue weighted by molar-refractivity contribution is 0.102. The summed E-state index contributed by atoms with van der Waals surface area (Å²) >= 11 is 0. The third kappa shape index (κ3) is 4.88. The van der Waals surface area contributed by atoms with E-state index in [1.54, 1.807) is 13.2 Å². The van der Waals surface area contributed by atoms with Crippen molar-refractivity contribution in [2.45, 2.75) is 6.42 Å². The van der Waals surface area contributed by atoms with Crippen LogP contribution in [0.1, 0.15) is 16.1 Å². The second-order valence-electron chi connectivity index (χ2n) is 7.89. The average molecular weight is 427 g/mol. The Morgan fingerprint density at radius 2 is 2.03 bits per heavy atom.